The number of rotatable bonds is 7. The van der Waals surface area contributed by atoms with E-state index in [0.717, 1.165) is 22.9 Å². The summed E-state index contributed by atoms with van der Waals surface area (Å²) < 4.78 is 0. The van der Waals surface area contributed by atoms with Crippen LogP contribution in [0.2, 0.25) is 0 Å². The standard InChI is InChI=1S/C24H21N3O4S/c1-14-6-4-8-18(10-14)23-20(12-25)24(26-15(2)22(23)16(3)28)32-13-21(29)17-7-5-9-19(11-17)27(30)31/h4-11,23,26H,13H2,1-3H3. The number of dihydropyridines is 1. The fraction of sp³-hybridized carbons (Fsp3) is 0.208. The minimum Gasteiger partial charge on any atom is -0.353 e. The molecule has 0 bridgehead atoms. The maximum absolute atomic E-state index is 12.7. The van der Waals surface area contributed by atoms with Crippen LogP contribution in [0.5, 0.6) is 0 Å². The van der Waals surface area contributed by atoms with Crippen LogP contribution in [0.1, 0.15) is 41.3 Å². The number of hydrogen-bond donors (Lipinski definition) is 1. The van der Waals surface area contributed by atoms with Crippen LogP contribution >= 0.6 is 11.8 Å². The molecule has 1 N–H and O–H groups in total. The summed E-state index contributed by atoms with van der Waals surface area (Å²) in [6, 6.07) is 15.4. The van der Waals surface area contributed by atoms with Gasteiger partial charge in [0, 0.05) is 29.0 Å². The van der Waals surface area contributed by atoms with Gasteiger partial charge in [-0.05, 0) is 26.3 Å². The first-order chi connectivity index (χ1) is 15.2. The fourth-order valence-electron chi connectivity index (χ4n) is 3.69. The SMILES string of the molecule is CC(=O)C1=C(C)NC(SCC(=O)c2cccc([N+](=O)[O-])c2)=C(C#N)C1c1cccc(C)c1. The number of benzene rings is 2. The highest BCUT2D eigenvalue weighted by molar-refractivity contribution is 8.03. The summed E-state index contributed by atoms with van der Waals surface area (Å²) in [7, 11) is 0. The average molecular weight is 448 g/mol. The topological polar surface area (TPSA) is 113 Å². The van der Waals surface area contributed by atoms with Crippen molar-refractivity contribution in [2.24, 2.45) is 0 Å². The maximum atomic E-state index is 12.7. The van der Waals surface area contributed by atoms with Crippen molar-refractivity contribution >= 4 is 29.0 Å². The molecule has 1 atom stereocenters. The van der Waals surface area contributed by atoms with Crippen molar-refractivity contribution in [1.29, 1.82) is 5.26 Å². The van der Waals surface area contributed by atoms with E-state index >= 15 is 0 Å². The van der Waals surface area contributed by atoms with E-state index in [1.165, 1.54) is 31.2 Å². The monoisotopic (exact) mass is 447 g/mol. The van der Waals surface area contributed by atoms with Crippen LogP contribution in [0, 0.1) is 28.4 Å². The molecule has 0 spiro atoms. The summed E-state index contributed by atoms with van der Waals surface area (Å²) in [5, 5.41) is 24.6. The zero-order chi connectivity index (χ0) is 23.4. The van der Waals surface area contributed by atoms with Crippen molar-refractivity contribution in [2.75, 3.05) is 5.75 Å². The Kier molecular flexibility index (Phi) is 6.91. The highest BCUT2D eigenvalue weighted by atomic mass is 32.2. The smallest absolute Gasteiger partial charge is 0.270 e. The number of nitro groups is 1. The lowest BCUT2D eigenvalue weighted by Crippen LogP contribution is -2.27. The van der Waals surface area contributed by atoms with Crippen molar-refractivity contribution in [3.63, 3.8) is 0 Å². The number of Topliss-reactive ketones (excluding diaryl/α,β-unsaturated/α-hetero) is 2. The second kappa shape index (κ2) is 9.62. The Hall–Kier alpha value is -3.70. The first kappa shape index (κ1) is 23.0. The molecular formula is C24H21N3O4S. The van der Waals surface area contributed by atoms with E-state index in [2.05, 4.69) is 11.4 Å². The molecule has 162 valence electrons. The molecular weight excluding hydrogens is 426 g/mol. The van der Waals surface area contributed by atoms with Crippen molar-refractivity contribution in [2.45, 2.75) is 26.7 Å². The molecule has 0 saturated heterocycles. The average Bonchev–Trinajstić information content (AvgIpc) is 2.76. The number of nitrogens with one attached hydrogen (secondary N) is 1. The van der Waals surface area contributed by atoms with Gasteiger partial charge < -0.3 is 5.32 Å². The molecule has 2 aromatic carbocycles. The van der Waals surface area contributed by atoms with Gasteiger partial charge in [0.2, 0.25) is 0 Å². The lowest BCUT2D eigenvalue weighted by atomic mass is 9.80. The number of carbonyl (C=O) groups excluding carboxylic acids is 2. The molecule has 1 aliphatic heterocycles. The van der Waals surface area contributed by atoms with Gasteiger partial charge in [-0.25, -0.2) is 0 Å². The van der Waals surface area contributed by atoms with Gasteiger partial charge in [0.25, 0.3) is 5.69 Å². The third kappa shape index (κ3) is 4.79. The van der Waals surface area contributed by atoms with Crippen molar-refractivity contribution in [3.8, 4) is 6.07 Å². The van der Waals surface area contributed by atoms with Crippen LogP contribution in [0.25, 0.3) is 0 Å². The molecule has 1 heterocycles. The van der Waals surface area contributed by atoms with Crippen LogP contribution in [0.3, 0.4) is 0 Å². The third-order valence-electron chi connectivity index (χ3n) is 5.13. The number of carbonyl (C=O) groups is 2. The van der Waals surface area contributed by atoms with Crippen LogP contribution < -0.4 is 5.32 Å². The molecule has 0 fully saturated rings. The highest BCUT2D eigenvalue weighted by Crippen LogP contribution is 2.41. The fourth-order valence-corrected chi connectivity index (χ4v) is 4.68. The van der Waals surface area contributed by atoms with E-state index in [4.69, 9.17) is 0 Å². The van der Waals surface area contributed by atoms with Crippen LogP contribution in [-0.2, 0) is 4.79 Å². The zero-order valence-electron chi connectivity index (χ0n) is 17.8. The second-order valence-corrected chi connectivity index (χ2v) is 8.43. The molecule has 0 aliphatic carbocycles. The lowest BCUT2D eigenvalue weighted by molar-refractivity contribution is -0.384. The van der Waals surface area contributed by atoms with E-state index < -0.39 is 10.8 Å². The molecule has 1 unspecified atom stereocenters. The van der Waals surface area contributed by atoms with Crippen LogP contribution in [0.4, 0.5) is 5.69 Å². The summed E-state index contributed by atoms with van der Waals surface area (Å²) in [4.78, 5) is 35.5. The molecule has 8 heteroatoms. The number of nitro benzene ring substituents is 1. The predicted molar refractivity (Wildman–Crippen MR) is 123 cm³/mol. The van der Waals surface area contributed by atoms with Gasteiger partial charge in [0.05, 0.1) is 33.3 Å². The number of ketones is 2. The van der Waals surface area contributed by atoms with Crippen LogP contribution in [0.15, 0.2) is 70.4 Å². The van der Waals surface area contributed by atoms with Crippen molar-refractivity contribution < 1.29 is 14.5 Å². The Labute approximate surface area is 190 Å². The number of aryl methyl sites for hydroxylation is 1. The number of allylic oxidation sites excluding steroid dienone is 3. The van der Waals surface area contributed by atoms with E-state index in [0.29, 0.717) is 21.9 Å². The van der Waals surface area contributed by atoms with E-state index in [-0.39, 0.29) is 28.6 Å². The maximum Gasteiger partial charge on any atom is 0.270 e. The molecule has 0 amide bonds. The van der Waals surface area contributed by atoms with Crippen molar-refractivity contribution in [1.82, 2.24) is 5.32 Å². The molecule has 0 radical (unpaired) electrons. The second-order valence-electron chi connectivity index (χ2n) is 7.44. The number of nitrogens with zero attached hydrogens (tertiary/aromatic N) is 2. The van der Waals surface area contributed by atoms with Gasteiger partial charge in [-0.2, -0.15) is 5.26 Å². The first-order valence-electron chi connectivity index (χ1n) is 9.83. The van der Waals surface area contributed by atoms with Crippen LogP contribution in [-0.4, -0.2) is 22.2 Å². The molecule has 0 saturated carbocycles. The Bertz CT molecular complexity index is 1220. The molecule has 0 aromatic heterocycles. The Morgan fingerprint density at radius 1 is 1.19 bits per heavy atom. The third-order valence-corrected chi connectivity index (χ3v) is 6.15. The summed E-state index contributed by atoms with van der Waals surface area (Å²) in [6.45, 7) is 5.19. The summed E-state index contributed by atoms with van der Waals surface area (Å²) in [6.07, 6.45) is 0. The Morgan fingerprint density at radius 2 is 1.91 bits per heavy atom. The summed E-state index contributed by atoms with van der Waals surface area (Å²) in [5.41, 5.74) is 3.43. The van der Waals surface area contributed by atoms with Gasteiger partial charge >= 0.3 is 0 Å². The van der Waals surface area contributed by atoms with Crippen molar-refractivity contribution in [3.05, 3.63) is 97.2 Å². The summed E-state index contributed by atoms with van der Waals surface area (Å²) in [5.74, 6) is -0.978. The van der Waals surface area contributed by atoms with Gasteiger partial charge in [0.15, 0.2) is 11.6 Å². The van der Waals surface area contributed by atoms with Gasteiger partial charge in [-0.15, -0.1) is 0 Å². The number of thioether (sulfide) groups is 1. The molecule has 1 aliphatic rings. The number of non-ortho nitro benzene ring substituents is 1. The van der Waals surface area contributed by atoms with Gasteiger partial charge in [-0.1, -0.05) is 53.7 Å². The minimum absolute atomic E-state index is 0.0160. The summed E-state index contributed by atoms with van der Waals surface area (Å²) >= 11 is 1.15. The normalized spacial score (nSPS) is 15.8. The van der Waals surface area contributed by atoms with Gasteiger partial charge in [-0.3, -0.25) is 19.7 Å². The quantitative estimate of drug-likeness (QED) is 0.368. The number of hydrogen-bond acceptors (Lipinski definition) is 7. The molecule has 32 heavy (non-hydrogen) atoms. The van der Waals surface area contributed by atoms with E-state index in [1.54, 1.807) is 6.92 Å². The van der Waals surface area contributed by atoms with E-state index in [9.17, 15) is 25.0 Å². The number of nitriles is 1. The molecule has 7 nitrogen and oxygen atoms in total. The highest BCUT2D eigenvalue weighted by Gasteiger charge is 2.33. The molecule has 2 aromatic rings. The Balaban J connectivity index is 1.95. The lowest BCUT2D eigenvalue weighted by Gasteiger charge is -2.29. The zero-order valence-corrected chi connectivity index (χ0v) is 18.7. The largest absolute Gasteiger partial charge is 0.353 e. The first-order valence-corrected chi connectivity index (χ1v) is 10.8. The van der Waals surface area contributed by atoms with E-state index in [1.807, 2.05) is 31.2 Å². The predicted octanol–water partition coefficient (Wildman–Crippen LogP) is 4.80. The van der Waals surface area contributed by atoms with Gasteiger partial charge in [0.1, 0.15) is 0 Å². The minimum atomic E-state index is -0.549. The Morgan fingerprint density at radius 3 is 2.53 bits per heavy atom. The molecule has 3 rings (SSSR count).